The zero-order valence-corrected chi connectivity index (χ0v) is 10.3. The summed E-state index contributed by atoms with van der Waals surface area (Å²) in [7, 11) is 1.21. The van der Waals surface area contributed by atoms with Crippen LogP contribution in [0.3, 0.4) is 0 Å². The summed E-state index contributed by atoms with van der Waals surface area (Å²) in [4.78, 5) is 11.1. The number of methoxy groups -OCH3 is 1. The van der Waals surface area contributed by atoms with Crippen molar-refractivity contribution in [3.05, 3.63) is 34.1 Å². The molecule has 0 heterocycles. The Morgan fingerprint density at radius 3 is 2.67 bits per heavy atom. The first-order chi connectivity index (χ1) is 6.57. The average Bonchev–Trinajstić information content (AvgIpc) is 2.16. The van der Waals surface area contributed by atoms with Gasteiger partial charge in [0.05, 0.1) is 7.11 Å². The van der Waals surface area contributed by atoms with E-state index < -0.39 is 17.8 Å². The molecule has 84 valence electrons. The van der Waals surface area contributed by atoms with E-state index in [4.69, 9.17) is 5.73 Å². The first-order valence-electron chi connectivity index (χ1n) is 3.85. The Labute approximate surface area is 101 Å². The second-order valence-corrected chi connectivity index (χ2v) is 3.49. The van der Waals surface area contributed by atoms with Crippen molar-refractivity contribution >= 4 is 34.3 Å². The smallest absolute Gasteiger partial charge is 0.327 e. The lowest BCUT2D eigenvalue weighted by molar-refractivity contribution is -0.142. The Kier molecular flexibility index (Phi) is 5.79. The molecule has 0 saturated carbocycles. The number of rotatable bonds is 2. The number of benzene rings is 1. The molecule has 2 N–H and O–H groups in total. The van der Waals surface area contributed by atoms with Crippen molar-refractivity contribution < 1.29 is 13.9 Å². The number of halogens is 3. The molecular formula is C9H10BrClFNO2. The highest BCUT2D eigenvalue weighted by atomic mass is 79.9. The molecule has 0 amide bonds. The molecule has 0 radical (unpaired) electrons. The van der Waals surface area contributed by atoms with Crippen molar-refractivity contribution in [1.29, 1.82) is 0 Å². The fourth-order valence-corrected chi connectivity index (χ4v) is 1.64. The van der Waals surface area contributed by atoms with Gasteiger partial charge in [-0.3, -0.25) is 4.79 Å². The Balaban J connectivity index is 0.00000196. The molecule has 0 bridgehead atoms. The number of hydrogen-bond acceptors (Lipinski definition) is 3. The number of nitrogens with two attached hydrogens (primary N) is 1. The van der Waals surface area contributed by atoms with Crippen LogP contribution >= 0.6 is 28.3 Å². The maximum Gasteiger partial charge on any atom is 0.327 e. The predicted molar refractivity (Wildman–Crippen MR) is 60.3 cm³/mol. The molecule has 0 aliphatic heterocycles. The number of esters is 1. The second-order valence-electron chi connectivity index (χ2n) is 2.64. The predicted octanol–water partition coefficient (Wildman–Crippen LogP) is 2.18. The number of hydrogen-bond donors (Lipinski definition) is 1. The summed E-state index contributed by atoms with van der Waals surface area (Å²) in [6, 6.07) is 3.27. The average molecular weight is 299 g/mol. The highest BCUT2D eigenvalue weighted by molar-refractivity contribution is 9.10. The minimum Gasteiger partial charge on any atom is -0.468 e. The maximum absolute atomic E-state index is 13.3. The van der Waals surface area contributed by atoms with Crippen molar-refractivity contribution in [2.45, 2.75) is 6.04 Å². The first-order valence-corrected chi connectivity index (χ1v) is 4.64. The Morgan fingerprint density at radius 1 is 1.60 bits per heavy atom. The van der Waals surface area contributed by atoms with Crippen molar-refractivity contribution in [2.75, 3.05) is 7.11 Å². The van der Waals surface area contributed by atoms with E-state index in [1.807, 2.05) is 0 Å². The fourth-order valence-electron chi connectivity index (χ4n) is 1.05. The van der Waals surface area contributed by atoms with Crippen molar-refractivity contribution in [2.24, 2.45) is 5.73 Å². The summed E-state index contributed by atoms with van der Waals surface area (Å²) in [5.74, 6) is -1.20. The molecule has 1 aromatic carbocycles. The minimum absolute atomic E-state index is 0. The zero-order chi connectivity index (χ0) is 10.7. The maximum atomic E-state index is 13.3. The standard InChI is InChI=1S/C9H9BrFNO2.ClH/c1-14-9(13)8(12)7-5(10)3-2-4-6(7)11;/h2-4,8H,12H2,1H3;1H/t8-;/m1./s1. The normalized spacial score (nSPS) is 11.5. The van der Waals surface area contributed by atoms with E-state index in [-0.39, 0.29) is 18.0 Å². The molecule has 0 unspecified atom stereocenters. The van der Waals surface area contributed by atoms with Crippen molar-refractivity contribution in [3.8, 4) is 0 Å². The molecule has 0 aliphatic carbocycles. The quantitative estimate of drug-likeness (QED) is 0.852. The Bertz CT molecular complexity index is 342. The lowest BCUT2D eigenvalue weighted by Gasteiger charge is -2.11. The van der Waals surface area contributed by atoms with Crippen LogP contribution in [0.4, 0.5) is 4.39 Å². The van der Waals surface area contributed by atoms with Crippen LogP contribution in [0, 0.1) is 5.82 Å². The van der Waals surface area contributed by atoms with Crippen LogP contribution in [0.1, 0.15) is 11.6 Å². The van der Waals surface area contributed by atoms with Crippen LogP contribution < -0.4 is 5.73 Å². The number of ether oxygens (including phenoxy) is 1. The van der Waals surface area contributed by atoms with Crippen LogP contribution in [0.25, 0.3) is 0 Å². The highest BCUT2D eigenvalue weighted by Crippen LogP contribution is 2.25. The summed E-state index contributed by atoms with van der Waals surface area (Å²) in [5, 5.41) is 0. The van der Waals surface area contributed by atoms with E-state index in [1.165, 1.54) is 19.2 Å². The minimum atomic E-state index is -1.10. The van der Waals surface area contributed by atoms with Crippen molar-refractivity contribution in [1.82, 2.24) is 0 Å². The van der Waals surface area contributed by atoms with Crippen LogP contribution in [0.5, 0.6) is 0 Å². The van der Waals surface area contributed by atoms with E-state index in [2.05, 4.69) is 20.7 Å². The third-order valence-electron chi connectivity index (χ3n) is 1.77. The molecule has 6 heteroatoms. The molecule has 0 spiro atoms. The molecule has 15 heavy (non-hydrogen) atoms. The zero-order valence-electron chi connectivity index (χ0n) is 7.87. The first kappa shape index (κ1) is 14.3. The van der Waals surface area contributed by atoms with E-state index in [1.54, 1.807) is 6.07 Å². The van der Waals surface area contributed by atoms with Gasteiger partial charge in [0, 0.05) is 10.0 Å². The van der Waals surface area contributed by atoms with Gasteiger partial charge in [0.1, 0.15) is 11.9 Å². The number of carbonyl (C=O) groups excluding carboxylic acids is 1. The molecule has 1 aromatic rings. The Hall–Kier alpha value is -0.650. The molecule has 0 saturated heterocycles. The lowest BCUT2D eigenvalue weighted by Crippen LogP contribution is -2.24. The summed E-state index contributed by atoms with van der Waals surface area (Å²) >= 11 is 3.12. The van der Waals surface area contributed by atoms with Gasteiger partial charge >= 0.3 is 5.97 Å². The van der Waals surface area contributed by atoms with Crippen molar-refractivity contribution in [3.63, 3.8) is 0 Å². The van der Waals surface area contributed by atoms with Gasteiger partial charge < -0.3 is 10.5 Å². The van der Waals surface area contributed by atoms with Gasteiger partial charge in [-0.1, -0.05) is 22.0 Å². The van der Waals surface area contributed by atoms with Gasteiger partial charge in [0.2, 0.25) is 0 Å². The summed E-state index contributed by atoms with van der Waals surface area (Å²) in [5.41, 5.74) is 5.62. The van der Waals surface area contributed by atoms with E-state index >= 15 is 0 Å². The van der Waals surface area contributed by atoms with Gasteiger partial charge in [0.25, 0.3) is 0 Å². The third kappa shape index (κ3) is 3.15. The SMILES string of the molecule is COC(=O)[C@H](N)c1c(F)cccc1Br.Cl. The molecule has 0 aromatic heterocycles. The molecule has 3 nitrogen and oxygen atoms in total. The Morgan fingerprint density at radius 2 is 2.20 bits per heavy atom. The fraction of sp³-hybridized carbons (Fsp3) is 0.222. The number of carbonyl (C=O) groups is 1. The molecule has 1 atom stereocenters. The summed E-state index contributed by atoms with van der Waals surface area (Å²) in [6.45, 7) is 0. The van der Waals surface area contributed by atoms with Crippen LogP contribution in [-0.4, -0.2) is 13.1 Å². The van der Waals surface area contributed by atoms with Crippen LogP contribution in [0.15, 0.2) is 22.7 Å². The van der Waals surface area contributed by atoms with E-state index in [0.29, 0.717) is 4.47 Å². The third-order valence-corrected chi connectivity index (χ3v) is 2.46. The highest BCUT2D eigenvalue weighted by Gasteiger charge is 2.22. The van der Waals surface area contributed by atoms with Gasteiger partial charge in [-0.15, -0.1) is 12.4 Å². The monoisotopic (exact) mass is 297 g/mol. The summed E-state index contributed by atoms with van der Waals surface area (Å²) in [6.07, 6.45) is 0. The molecule has 0 fully saturated rings. The largest absolute Gasteiger partial charge is 0.468 e. The molecular weight excluding hydrogens is 288 g/mol. The van der Waals surface area contributed by atoms with E-state index in [0.717, 1.165) is 0 Å². The summed E-state index contributed by atoms with van der Waals surface area (Å²) < 4.78 is 18.2. The molecule has 1 rings (SSSR count). The van der Waals surface area contributed by atoms with Gasteiger partial charge in [0.15, 0.2) is 0 Å². The van der Waals surface area contributed by atoms with E-state index in [9.17, 15) is 9.18 Å². The second kappa shape index (κ2) is 6.05. The van der Waals surface area contributed by atoms with Crippen LogP contribution in [-0.2, 0) is 9.53 Å². The van der Waals surface area contributed by atoms with Gasteiger partial charge in [-0.25, -0.2) is 4.39 Å². The van der Waals surface area contributed by atoms with Gasteiger partial charge in [-0.05, 0) is 12.1 Å². The van der Waals surface area contributed by atoms with Gasteiger partial charge in [-0.2, -0.15) is 0 Å². The lowest BCUT2D eigenvalue weighted by atomic mass is 10.1. The molecule has 0 aliphatic rings. The topological polar surface area (TPSA) is 52.3 Å². The van der Waals surface area contributed by atoms with Crippen LogP contribution in [0.2, 0.25) is 0 Å².